The van der Waals surface area contributed by atoms with Crippen LogP contribution in [0.25, 0.3) is 11.0 Å². The Hall–Kier alpha value is -5.30. The summed E-state index contributed by atoms with van der Waals surface area (Å²) in [4.78, 5) is 29.0. The van der Waals surface area contributed by atoms with Crippen molar-refractivity contribution in [3.8, 4) is 11.5 Å². The van der Waals surface area contributed by atoms with Gasteiger partial charge >= 0.3 is 0 Å². The highest BCUT2D eigenvalue weighted by Gasteiger charge is 2.20. The topological polar surface area (TPSA) is 168 Å². The Balaban J connectivity index is 0.00000370. The molecule has 40 heavy (non-hydrogen) atoms. The summed E-state index contributed by atoms with van der Waals surface area (Å²) >= 11 is 0. The van der Waals surface area contributed by atoms with Crippen LogP contribution in [0.3, 0.4) is 0 Å². The summed E-state index contributed by atoms with van der Waals surface area (Å²) in [6.07, 6.45) is 3.99. The molecule has 0 unspecified atom stereocenters. The van der Waals surface area contributed by atoms with Crippen molar-refractivity contribution >= 4 is 50.0 Å². The number of rotatable bonds is 8. The summed E-state index contributed by atoms with van der Waals surface area (Å²) < 4.78 is 34.5. The number of hydrogen-bond acceptors (Lipinski definition) is 10. The molecule has 2 aromatic heterocycles. The number of phenols is 1. The van der Waals surface area contributed by atoms with E-state index in [2.05, 4.69) is 35.3 Å². The van der Waals surface area contributed by atoms with Crippen molar-refractivity contribution in [1.29, 1.82) is 0 Å². The second-order valence-electron chi connectivity index (χ2n) is 8.17. The molecule has 0 saturated heterocycles. The number of amides is 1. The first-order chi connectivity index (χ1) is 18.8. The number of para-hydroxylation sites is 2. The summed E-state index contributed by atoms with van der Waals surface area (Å²) in [7, 11) is -2.73. The average Bonchev–Trinajstić information content (AvgIpc) is 2.93. The summed E-state index contributed by atoms with van der Waals surface area (Å²) in [5, 5.41) is 15.7. The van der Waals surface area contributed by atoms with Crippen molar-refractivity contribution in [2.24, 2.45) is 0 Å². The molecule has 1 amide bonds. The van der Waals surface area contributed by atoms with Crippen LogP contribution in [0.4, 0.5) is 23.0 Å². The molecule has 0 aliphatic rings. The summed E-state index contributed by atoms with van der Waals surface area (Å²) in [6, 6.07) is 17.2. The molecule has 0 aliphatic carbocycles. The predicted octanol–water partition coefficient (Wildman–Crippen LogP) is 4.57. The van der Waals surface area contributed by atoms with Crippen molar-refractivity contribution in [1.82, 2.24) is 19.9 Å². The van der Waals surface area contributed by atoms with Crippen molar-refractivity contribution in [3.63, 3.8) is 0 Å². The number of sulfonamides is 1. The number of fused-ring (bicyclic) bond motifs is 1. The molecule has 2 heterocycles. The molecule has 0 radical (unpaired) electrons. The number of aromatic nitrogens is 4. The molecular weight excluding hydrogens is 534 g/mol. The normalized spacial score (nSPS) is 10.8. The molecule has 12 nitrogen and oxygen atoms in total. The number of aromatic hydroxyl groups is 1. The van der Waals surface area contributed by atoms with Gasteiger partial charge in [-0.15, -0.1) is 0 Å². The Morgan fingerprint density at radius 3 is 2.27 bits per heavy atom. The summed E-state index contributed by atoms with van der Waals surface area (Å²) in [5.74, 6) is -0.153. The minimum absolute atomic E-state index is 0. The highest BCUT2D eigenvalue weighted by molar-refractivity contribution is 7.92. The van der Waals surface area contributed by atoms with Crippen LogP contribution >= 0.6 is 0 Å². The number of methoxy groups -OCH3 is 1. The van der Waals surface area contributed by atoms with Crippen LogP contribution in [-0.2, 0) is 10.0 Å². The molecule has 3 aromatic carbocycles. The number of carbonyl (C=O) groups is 1. The number of anilines is 4. The van der Waals surface area contributed by atoms with Crippen LogP contribution in [0.2, 0.25) is 0 Å². The van der Waals surface area contributed by atoms with E-state index < -0.39 is 15.9 Å². The van der Waals surface area contributed by atoms with Gasteiger partial charge in [0.25, 0.3) is 15.9 Å². The fourth-order valence-electron chi connectivity index (χ4n) is 3.62. The molecular formula is C27H25N7O5S. The lowest BCUT2D eigenvalue weighted by Crippen LogP contribution is -2.17. The third-order valence-electron chi connectivity index (χ3n) is 5.42. The van der Waals surface area contributed by atoms with E-state index in [1.54, 1.807) is 36.4 Å². The highest BCUT2D eigenvalue weighted by Crippen LogP contribution is 2.31. The molecule has 0 fully saturated rings. The second-order valence-corrected chi connectivity index (χ2v) is 9.85. The fourth-order valence-corrected chi connectivity index (χ4v) is 4.67. The quantitative estimate of drug-likeness (QED) is 0.211. The smallest absolute Gasteiger partial charge is 0.263 e. The molecule has 0 spiro atoms. The number of nitrogens with one attached hydrogen (secondary N) is 3. The monoisotopic (exact) mass is 559 g/mol. The van der Waals surface area contributed by atoms with Gasteiger partial charge in [0.05, 0.1) is 28.6 Å². The molecule has 4 N–H and O–H groups in total. The molecule has 0 saturated carbocycles. The van der Waals surface area contributed by atoms with Gasteiger partial charge in [0.2, 0.25) is 0 Å². The van der Waals surface area contributed by atoms with E-state index in [0.29, 0.717) is 22.5 Å². The highest BCUT2D eigenvalue weighted by atomic mass is 32.2. The number of phenolic OH excluding ortho intramolecular Hbond substituents is 1. The number of benzene rings is 3. The Labute approximate surface area is 230 Å². The third kappa shape index (κ3) is 6.22. The van der Waals surface area contributed by atoms with Gasteiger partial charge < -0.3 is 20.5 Å². The van der Waals surface area contributed by atoms with Gasteiger partial charge in [-0.25, -0.2) is 28.4 Å². The molecule has 0 aliphatic heterocycles. The van der Waals surface area contributed by atoms with Crippen LogP contribution in [0.5, 0.6) is 11.5 Å². The Bertz CT molecular complexity index is 1780. The van der Waals surface area contributed by atoms with Gasteiger partial charge in [0.15, 0.2) is 11.6 Å². The van der Waals surface area contributed by atoms with Gasteiger partial charge in [-0.3, -0.25) is 9.52 Å². The van der Waals surface area contributed by atoms with Gasteiger partial charge in [0, 0.05) is 42.0 Å². The van der Waals surface area contributed by atoms with E-state index in [1.807, 2.05) is 0 Å². The molecule has 5 rings (SSSR count). The maximum absolute atomic E-state index is 13.4. The lowest BCUT2D eigenvalue weighted by Gasteiger charge is -2.15. The molecule has 204 valence electrons. The minimum Gasteiger partial charge on any atom is -0.508 e. The second kappa shape index (κ2) is 11.6. The van der Waals surface area contributed by atoms with Crippen LogP contribution in [0, 0.1) is 0 Å². The zero-order valence-electron chi connectivity index (χ0n) is 20.4. The standard InChI is InChI=1S/C26H21N7O5S.CH4/c1-38-20-10-18(9-19(34)12-20)29-24-25(32-23-8-3-2-7-22(23)31-24)33-39(36,37)21-6-4-5-17(11-21)30-26(35)16-13-27-15-28-14-16;/h2-15,34H,1H3,(H,29,31)(H,30,35)(H,32,33);1H4. The van der Waals surface area contributed by atoms with Crippen molar-refractivity contribution < 1.29 is 23.1 Å². The Kier molecular flexibility index (Phi) is 8.05. The molecule has 13 heteroatoms. The number of carbonyl (C=O) groups excluding carboxylic acids is 1. The van der Waals surface area contributed by atoms with Gasteiger partial charge in [-0.05, 0) is 30.3 Å². The van der Waals surface area contributed by atoms with E-state index in [1.165, 1.54) is 56.2 Å². The Morgan fingerprint density at radius 2 is 1.57 bits per heavy atom. The molecule has 5 aromatic rings. The maximum atomic E-state index is 13.4. The summed E-state index contributed by atoms with van der Waals surface area (Å²) in [5.41, 5.74) is 1.84. The van der Waals surface area contributed by atoms with E-state index in [0.717, 1.165) is 0 Å². The van der Waals surface area contributed by atoms with Gasteiger partial charge in [-0.2, -0.15) is 0 Å². The van der Waals surface area contributed by atoms with Crippen molar-refractivity contribution in [3.05, 3.63) is 91.0 Å². The largest absolute Gasteiger partial charge is 0.508 e. The first kappa shape index (κ1) is 27.7. The number of nitrogens with zero attached hydrogens (tertiary/aromatic N) is 4. The minimum atomic E-state index is -4.18. The first-order valence-corrected chi connectivity index (χ1v) is 12.9. The predicted molar refractivity (Wildman–Crippen MR) is 151 cm³/mol. The van der Waals surface area contributed by atoms with E-state index in [9.17, 15) is 18.3 Å². The van der Waals surface area contributed by atoms with Crippen LogP contribution < -0.4 is 20.1 Å². The lowest BCUT2D eigenvalue weighted by molar-refractivity contribution is 0.102. The zero-order valence-corrected chi connectivity index (χ0v) is 21.2. The van der Waals surface area contributed by atoms with Crippen LogP contribution in [0.15, 0.2) is 90.3 Å². The number of hydrogen-bond donors (Lipinski definition) is 4. The first-order valence-electron chi connectivity index (χ1n) is 11.4. The van der Waals surface area contributed by atoms with Crippen LogP contribution in [0.1, 0.15) is 17.8 Å². The van der Waals surface area contributed by atoms with Crippen LogP contribution in [-0.4, -0.2) is 46.5 Å². The molecule has 0 bridgehead atoms. The summed E-state index contributed by atoms with van der Waals surface area (Å²) in [6.45, 7) is 0. The Morgan fingerprint density at radius 1 is 0.875 bits per heavy atom. The average molecular weight is 560 g/mol. The SMILES string of the molecule is C.COc1cc(O)cc(Nc2nc3ccccc3nc2NS(=O)(=O)c2cccc(NC(=O)c3cncnc3)c2)c1. The lowest BCUT2D eigenvalue weighted by atomic mass is 10.2. The zero-order chi connectivity index (χ0) is 27.4. The van der Waals surface area contributed by atoms with Crippen molar-refractivity contribution in [2.45, 2.75) is 12.3 Å². The molecule has 0 atom stereocenters. The van der Waals surface area contributed by atoms with Gasteiger partial charge in [-0.1, -0.05) is 25.6 Å². The van der Waals surface area contributed by atoms with E-state index in [-0.39, 0.29) is 41.0 Å². The maximum Gasteiger partial charge on any atom is 0.263 e. The number of ether oxygens (including phenoxy) is 1. The van der Waals surface area contributed by atoms with E-state index >= 15 is 0 Å². The van der Waals surface area contributed by atoms with Gasteiger partial charge in [0.1, 0.15) is 17.8 Å². The fraction of sp³-hybridized carbons (Fsp3) is 0.0741. The van der Waals surface area contributed by atoms with Crippen molar-refractivity contribution in [2.75, 3.05) is 22.5 Å². The van der Waals surface area contributed by atoms with E-state index in [4.69, 9.17) is 4.74 Å². The third-order valence-corrected chi connectivity index (χ3v) is 6.75.